The minimum Gasteiger partial charge on any atom is -0.444 e. The molecule has 0 saturated carbocycles. The van der Waals surface area contributed by atoms with Gasteiger partial charge in [0.2, 0.25) is 0 Å². The Morgan fingerprint density at radius 1 is 1.17 bits per heavy atom. The van der Waals surface area contributed by atoms with E-state index in [1.807, 2.05) is 26.8 Å². The van der Waals surface area contributed by atoms with Gasteiger partial charge >= 0.3 is 6.09 Å². The Bertz CT molecular complexity index is 720. The number of hydrogen-bond acceptors (Lipinski definition) is 4. The molecule has 0 saturated heterocycles. The third-order valence-electron chi connectivity index (χ3n) is 3.87. The molecule has 0 atom stereocenters. The van der Waals surface area contributed by atoms with Crippen molar-refractivity contribution >= 4 is 17.6 Å². The van der Waals surface area contributed by atoms with E-state index in [0.717, 1.165) is 25.2 Å². The van der Waals surface area contributed by atoms with Gasteiger partial charge < -0.3 is 9.64 Å². The van der Waals surface area contributed by atoms with E-state index >= 15 is 0 Å². The summed E-state index contributed by atoms with van der Waals surface area (Å²) in [6, 6.07) is 12.3. The molecule has 1 N–H and O–H groups in total. The van der Waals surface area contributed by atoms with Crippen molar-refractivity contribution in [3.8, 4) is 0 Å². The Morgan fingerprint density at radius 2 is 1.92 bits per heavy atom. The fourth-order valence-corrected chi connectivity index (χ4v) is 2.77. The average Bonchev–Trinajstić information content (AvgIpc) is 2.53. The van der Waals surface area contributed by atoms with Crippen molar-refractivity contribution in [3.63, 3.8) is 0 Å². The highest BCUT2D eigenvalue weighted by Gasteiger charge is 2.18. The molecule has 1 aliphatic heterocycles. The second kappa shape index (κ2) is 6.51. The number of nitrogens with zero attached hydrogens (tertiary/aromatic N) is 2. The van der Waals surface area contributed by atoms with Gasteiger partial charge in [0.05, 0.1) is 11.9 Å². The quantitative estimate of drug-likeness (QED) is 0.907. The molecule has 0 spiro atoms. The molecule has 0 unspecified atom stereocenters. The number of aromatic nitrogens is 1. The molecule has 3 rings (SSSR count). The molecule has 1 aliphatic rings. The number of amides is 1. The van der Waals surface area contributed by atoms with Gasteiger partial charge in [-0.15, -0.1) is 0 Å². The summed E-state index contributed by atoms with van der Waals surface area (Å²) in [5.74, 6) is 0.491. The number of ether oxygens (including phenoxy) is 1. The molecule has 0 fully saturated rings. The van der Waals surface area contributed by atoms with Crippen molar-refractivity contribution in [2.45, 2.75) is 39.3 Å². The number of hydrogen-bond donors (Lipinski definition) is 1. The zero-order valence-electron chi connectivity index (χ0n) is 14.4. The number of benzene rings is 1. The van der Waals surface area contributed by atoms with Crippen LogP contribution in [0.15, 0.2) is 42.6 Å². The summed E-state index contributed by atoms with van der Waals surface area (Å²) in [6.07, 6.45) is 2.34. The first kappa shape index (κ1) is 16.3. The summed E-state index contributed by atoms with van der Waals surface area (Å²) in [5.41, 5.74) is 3.31. The van der Waals surface area contributed by atoms with Gasteiger partial charge in [0, 0.05) is 13.1 Å². The van der Waals surface area contributed by atoms with Gasteiger partial charge in [0.25, 0.3) is 0 Å². The number of fused-ring (bicyclic) bond motifs is 1. The standard InChI is InChI=1S/C19H23N3O2/c1-19(2,3)24-18(23)21-17-9-8-16(12-20-17)22-11-10-14-6-4-5-7-15(14)13-22/h4-9,12H,10-11,13H2,1-3H3,(H,20,21,23). The first-order valence-corrected chi connectivity index (χ1v) is 8.18. The second-order valence-corrected chi connectivity index (χ2v) is 6.97. The molecule has 0 aliphatic carbocycles. The lowest BCUT2D eigenvalue weighted by atomic mass is 10.00. The number of anilines is 2. The summed E-state index contributed by atoms with van der Waals surface area (Å²) >= 11 is 0. The van der Waals surface area contributed by atoms with E-state index in [-0.39, 0.29) is 0 Å². The van der Waals surface area contributed by atoms with Crippen molar-refractivity contribution in [3.05, 3.63) is 53.7 Å². The first-order chi connectivity index (χ1) is 11.4. The van der Waals surface area contributed by atoms with Crippen LogP contribution in [0.4, 0.5) is 16.3 Å². The van der Waals surface area contributed by atoms with Gasteiger partial charge in [-0.05, 0) is 50.5 Å². The zero-order chi connectivity index (χ0) is 17.2. The van der Waals surface area contributed by atoms with Crippen LogP contribution in [0.5, 0.6) is 0 Å². The molecule has 1 amide bonds. The van der Waals surface area contributed by atoms with E-state index in [9.17, 15) is 4.79 Å². The van der Waals surface area contributed by atoms with E-state index in [0.29, 0.717) is 5.82 Å². The van der Waals surface area contributed by atoms with Crippen LogP contribution in [-0.4, -0.2) is 23.2 Å². The maximum Gasteiger partial charge on any atom is 0.413 e. The van der Waals surface area contributed by atoms with E-state index < -0.39 is 11.7 Å². The minimum absolute atomic E-state index is 0.491. The molecular formula is C19H23N3O2. The lowest BCUT2D eigenvalue weighted by Gasteiger charge is -2.30. The predicted molar refractivity (Wildman–Crippen MR) is 95.3 cm³/mol. The van der Waals surface area contributed by atoms with Crippen LogP contribution in [0.2, 0.25) is 0 Å². The smallest absolute Gasteiger partial charge is 0.413 e. The van der Waals surface area contributed by atoms with Gasteiger partial charge in [-0.3, -0.25) is 5.32 Å². The highest BCUT2D eigenvalue weighted by molar-refractivity contribution is 5.83. The molecule has 5 nitrogen and oxygen atoms in total. The van der Waals surface area contributed by atoms with Gasteiger partial charge in [-0.2, -0.15) is 0 Å². The minimum atomic E-state index is -0.523. The fraction of sp³-hybridized carbons (Fsp3) is 0.368. The van der Waals surface area contributed by atoms with Crippen LogP contribution in [-0.2, 0) is 17.7 Å². The molecule has 0 radical (unpaired) electrons. The van der Waals surface area contributed by atoms with Crippen LogP contribution in [0.3, 0.4) is 0 Å². The van der Waals surface area contributed by atoms with Crippen molar-refractivity contribution in [1.82, 2.24) is 4.98 Å². The van der Waals surface area contributed by atoms with Gasteiger partial charge in [0.15, 0.2) is 0 Å². The number of nitrogens with one attached hydrogen (secondary N) is 1. The summed E-state index contributed by atoms with van der Waals surface area (Å²) in [5, 5.41) is 2.65. The zero-order valence-corrected chi connectivity index (χ0v) is 14.4. The maximum atomic E-state index is 11.8. The highest BCUT2D eigenvalue weighted by Crippen LogP contribution is 2.24. The number of carbonyl (C=O) groups is 1. The first-order valence-electron chi connectivity index (χ1n) is 8.18. The van der Waals surface area contributed by atoms with Crippen molar-refractivity contribution in [2.75, 3.05) is 16.8 Å². The van der Waals surface area contributed by atoms with Gasteiger partial charge in [0.1, 0.15) is 11.4 Å². The fourth-order valence-electron chi connectivity index (χ4n) is 2.77. The summed E-state index contributed by atoms with van der Waals surface area (Å²) in [6.45, 7) is 7.35. The van der Waals surface area contributed by atoms with E-state index in [1.54, 1.807) is 12.3 Å². The molecule has 5 heteroatoms. The molecule has 126 valence electrons. The van der Waals surface area contributed by atoms with Gasteiger partial charge in [-0.1, -0.05) is 24.3 Å². The van der Waals surface area contributed by atoms with Crippen molar-refractivity contribution in [1.29, 1.82) is 0 Å². The molecule has 2 aromatic rings. The molecule has 2 heterocycles. The highest BCUT2D eigenvalue weighted by atomic mass is 16.6. The third-order valence-corrected chi connectivity index (χ3v) is 3.87. The van der Waals surface area contributed by atoms with E-state index in [4.69, 9.17) is 4.74 Å². The molecule has 1 aromatic carbocycles. The number of pyridine rings is 1. The number of rotatable bonds is 2. The topological polar surface area (TPSA) is 54.5 Å². The molecular weight excluding hydrogens is 302 g/mol. The summed E-state index contributed by atoms with van der Waals surface area (Å²) in [7, 11) is 0. The predicted octanol–water partition coefficient (Wildman–Crippen LogP) is 3.99. The van der Waals surface area contributed by atoms with E-state index in [1.165, 1.54) is 11.1 Å². The summed E-state index contributed by atoms with van der Waals surface area (Å²) < 4.78 is 5.23. The van der Waals surface area contributed by atoms with Crippen molar-refractivity contribution < 1.29 is 9.53 Å². The molecule has 0 bridgehead atoms. The second-order valence-electron chi connectivity index (χ2n) is 6.97. The van der Waals surface area contributed by atoms with Crippen molar-refractivity contribution in [2.24, 2.45) is 0 Å². The summed E-state index contributed by atoms with van der Waals surface area (Å²) in [4.78, 5) is 18.4. The van der Waals surface area contributed by atoms with Crippen LogP contribution in [0.1, 0.15) is 31.9 Å². The Kier molecular flexibility index (Phi) is 4.42. The lowest BCUT2D eigenvalue weighted by molar-refractivity contribution is 0.0635. The SMILES string of the molecule is CC(C)(C)OC(=O)Nc1ccc(N2CCc3ccccc3C2)cn1. The van der Waals surface area contributed by atoms with Gasteiger partial charge in [-0.25, -0.2) is 9.78 Å². The lowest BCUT2D eigenvalue weighted by Crippen LogP contribution is -2.30. The Hall–Kier alpha value is -2.56. The van der Waals surface area contributed by atoms with Crippen LogP contribution in [0, 0.1) is 0 Å². The molecule has 24 heavy (non-hydrogen) atoms. The largest absolute Gasteiger partial charge is 0.444 e. The Balaban J connectivity index is 1.64. The monoisotopic (exact) mass is 325 g/mol. The average molecular weight is 325 g/mol. The van der Waals surface area contributed by atoms with E-state index in [2.05, 4.69) is 39.5 Å². The maximum absolute atomic E-state index is 11.8. The Labute approximate surface area is 142 Å². The normalized spacial score (nSPS) is 14.0. The van der Waals surface area contributed by atoms with Crippen LogP contribution in [0.25, 0.3) is 0 Å². The third kappa shape index (κ3) is 4.04. The number of carbonyl (C=O) groups excluding carboxylic acids is 1. The van der Waals surface area contributed by atoms with Crippen LogP contribution < -0.4 is 10.2 Å². The Morgan fingerprint density at radius 3 is 2.58 bits per heavy atom. The molecule has 1 aromatic heterocycles. The van der Waals surface area contributed by atoms with Crippen LogP contribution >= 0.6 is 0 Å².